The number of benzene rings is 1. The summed E-state index contributed by atoms with van der Waals surface area (Å²) in [4.78, 5) is 21.0. The lowest BCUT2D eigenvalue weighted by molar-refractivity contribution is 0.0783. The summed E-state index contributed by atoms with van der Waals surface area (Å²) in [6, 6.07) is 5.20. The maximum Gasteiger partial charge on any atom is 0.256 e. The molecular weight excluding hydrogens is 264 g/mol. The van der Waals surface area contributed by atoms with Gasteiger partial charge in [-0.25, -0.2) is 4.98 Å². The molecule has 2 N–H and O–H groups in total. The van der Waals surface area contributed by atoms with Crippen molar-refractivity contribution in [2.24, 2.45) is 0 Å². The van der Waals surface area contributed by atoms with Crippen LogP contribution in [0.15, 0.2) is 30.6 Å². The molecule has 0 aliphatic heterocycles. The Bertz CT molecular complexity index is 568. The van der Waals surface area contributed by atoms with Crippen molar-refractivity contribution in [2.45, 2.75) is 6.54 Å². The van der Waals surface area contributed by atoms with Crippen LogP contribution in [-0.2, 0) is 6.54 Å². The van der Waals surface area contributed by atoms with Gasteiger partial charge in [-0.3, -0.25) is 4.79 Å². The van der Waals surface area contributed by atoms with Crippen molar-refractivity contribution in [2.75, 3.05) is 19.4 Å². The molecule has 19 heavy (non-hydrogen) atoms. The number of nitrogens with zero attached hydrogens (tertiary/aromatic N) is 2. The number of anilines is 1. The summed E-state index contributed by atoms with van der Waals surface area (Å²) in [7, 11) is 3.50. The van der Waals surface area contributed by atoms with Gasteiger partial charge in [-0.15, -0.1) is 0 Å². The highest BCUT2D eigenvalue weighted by molar-refractivity contribution is 6.31. The van der Waals surface area contributed by atoms with Gasteiger partial charge in [0.15, 0.2) is 0 Å². The quantitative estimate of drug-likeness (QED) is 0.903. The van der Waals surface area contributed by atoms with Gasteiger partial charge in [0.2, 0.25) is 0 Å². The van der Waals surface area contributed by atoms with Crippen LogP contribution in [-0.4, -0.2) is 34.9 Å². The van der Waals surface area contributed by atoms with Gasteiger partial charge in [0, 0.05) is 37.2 Å². The minimum absolute atomic E-state index is 0.108. The van der Waals surface area contributed by atoms with Crippen molar-refractivity contribution < 1.29 is 4.79 Å². The van der Waals surface area contributed by atoms with E-state index >= 15 is 0 Å². The topological polar surface area (TPSA) is 61.0 Å². The van der Waals surface area contributed by atoms with Crippen LogP contribution in [0.5, 0.6) is 0 Å². The zero-order valence-corrected chi connectivity index (χ0v) is 11.5. The minimum atomic E-state index is -0.108. The standard InChI is InChI=1S/C13H15ClN4O/c1-15-11-4-3-9(14)7-10(11)13(19)18(2)8-12-16-5-6-17-12/h3-7,15H,8H2,1-2H3,(H,16,17). The van der Waals surface area contributed by atoms with E-state index in [0.29, 0.717) is 17.1 Å². The molecule has 0 saturated carbocycles. The Morgan fingerprint density at radius 2 is 2.32 bits per heavy atom. The molecule has 2 rings (SSSR count). The summed E-state index contributed by atoms with van der Waals surface area (Å²) in [5, 5.41) is 3.52. The smallest absolute Gasteiger partial charge is 0.256 e. The Balaban J connectivity index is 2.21. The fourth-order valence-corrected chi connectivity index (χ4v) is 1.97. The van der Waals surface area contributed by atoms with Crippen molar-refractivity contribution in [3.05, 3.63) is 47.0 Å². The van der Waals surface area contributed by atoms with Gasteiger partial charge >= 0.3 is 0 Å². The van der Waals surface area contributed by atoms with Crippen LogP contribution in [0.25, 0.3) is 0 Å². The van der Waals surface area contributed by atoms with E-state index < -0.39 is 0 Å². The summed E-state index contributed by atoms with van der Waals surface area (Å²) >= 11 is 5.95. The van der Waals surface area contributed by atoms with Gasteiger partial charge in [0.1, 0.15) is 5.82 Å². The molecule has 0 bridgehead atoms. The molecule has 1 aromatic heterocycles. The van der Waals surface area contributed by atoms with Gasteiger partial charge in [0.05, 0.1) is 12.1 Å². The largest absolute Gasteiger partial charge is 0.387 e. The van der Waals surface area contributed by atoms with E-state index in [2.05, 4.69) is 15.3 Å². The second-order valence-corrected chi connectivity index (χ2v) is 4.57. The van der Waals surface area contributed by atoms with Crippen LogP contribution in [0.1, 0.15) is 16.2 Å². The number of aromatic nitrogens is 2. The first-order valence-corrected chi connectivity index (χ1v) is 6.20. The van der Waals surface area contributed by atoms with E-state index in [-0.39, 0.29) is 5.91 Å². The molecule has 0 atom stereocenters. The lowest BCUT2D eigenvalue weighted by atomic mass is 10.1. The van der Waals surface area contributed by atoms with Crippen molar-refractivity contribution in [3.63, 3.8) is 0 Å². The molecule has 2 aromatic rings. The SMILES string of the molecule is CNc1ccc(Cl)cc1C(=O)N(C)Cc1ncc[nH]1. The number of amides is 1. The molecule has 0 fully saturated rings. The number of rotatable bonds is 4. The Kier molecular flexibility index (Phi) is 4.06. The molecule has 1 amide bonds. The molecule has 100 valence electrons. The summed E-state index contributed by atoms with van der Waals surface area (Å²) in [6.07, 6.45) is 3.39. The lowest BCUT2D eigenvalue weighted by Gasteiger charge is -2.18. The number of hydrogen-bond donors (Lipinski definition) is 2. The van der Waals surface area contributed by atoms with Gasteiger partial charge in [-0.2, -0.15) is 0 Å². The third-order valence-electron chi connectivity index (χ3n) is 2.77. The number of carbonyl (C=O) groups excluding carboxylic acids is 1. The van der Waals surface area contributed by atoms with Crippen LogP contribution in [0.3, 0.4) is 0 Å². The van der Waals surface area contributed by atoms with Crippen molar-refractivity contribution in [1.29, 1.82) is 0 Å². The van der Waals surface area contributed by atoms with Crippen molar-refractivity contribution in [3.8, 4) is 0 Å². The number of hydrogen-bond acceptors (Lipinski definition) is 3. The fourth-order valence-electron chi connectivity index (χ4n) is 1.80. The average Bonchev–Trinajstić information content (AvgIpc) is 2.90. The van der Waals surface area contributed by atoms with Crippen LogP contribution in [0.2, 0.25) is 5.02 Å². The maximum atomic E-state index is 12.4. The summed E-state index contributed by atoms with van der Waals surface area (Å²) in [5.41, 5.74) is 1.30. The molecule has 0 aliphatic rings. The molecule has 0 spiro atoms. The summed E-state index contributed by atoms with van der Waals surface area (Å²) in [6.45, 7) is 0.418. The number of nitrogens with one attached hydrogen (secondary N) is 2. The molecule has 0 aliphatic carbocycles. The second-order valence-electron chi connectivity index (χ2n) is 4.14. The summed E-state index contributed by atoms with van der Waals surface area (Å²) < 4.78 is 0. The highest BCUT2D eigenvalue weighted by Crippen LogP contribution is 2.21. The number of carbonyl (C=O) groups is 1. The van der Waals surface area contributed by atoms with Gasteiger partial charge in [-0.05, 0) is 18.2 Å². The van der Waals surface area contributed by atoms with Gasteiger partial charge < -0.3 is 15.2 Å². The molecule has 0 saturated heterocycles. The first kappa shape index (κ1) is 13.4. The number of imidazole rings is 1. The normalized spacial score (nSPS) is 10.3. The lowest BCUT2D eigenvalue weighted by Crippen LogP contribution is -2.27. The fraction of sp³-hybridized carbons (Fsp3) is 0.231. The molecule has 1 heterocycles. The number of aromatic amines is 1. The predicted octanol–water partition coefficient (Wildman–Crippen LogP) is 2.38. The van der Waals surface area contributed by atoms with E-state index in [1.165, 1.54) is 0 Å². The van der Waals surface area contributed by atoms with Crippen LogP contribution in [0, 0.1) is 0 Å². The van der Waals surface area contributed by atoms with E-state index in [9.17, 15) is 4.79 Å². The zero-order valence-electron chi connectivity index (χ0n) is 10.8. The molecular formula is C13H15ClN4O. The van der Waals surface area contributed by atoms with Gasteiger partial charge in [-0.1, -0.05) is 11.6 Å². The van der Waals surface area contributed by atoms with Crippen molar-refractivity contribution in [1.82, 2.24) is 14.9 Å². The Morgan fingerprint density at radius 3 is 2.95 bits per heavy atom. The molecule has 5 nitrogen and oxygen atoms in total. The third kappa shape index (κ3) is 3.06. The first-order valence-electron chi connectivity index (χ1n) is 5.83. The van der Waals surface area contributed by atoms with Gasteiger partial charge in [0.25, 0.3) is 5.91 Å². The van der Waals surface area contributed by atoms with E-state index in [4.69, 9.17) is 11.6 Å². The predicted molar refractivity (Wildman–Crippen MR) is 75.4 cm³/mol. The number of halogens is 1. The first-order chi connectivity index (χ1) is 9.11. The Hall–Kier alpha value is -2.01. The highest BCUT2D eigenvalue weighted by atomic mass is 35.5. The number of H-pyrrole nitrogens is 1. The van der Waals surface area contributed by atoms with E-state index in [1.807, 2.05) is 0 Å². The monoisotopic (exact) mass is 278 g/mol. The molecule has 0 unspecified atom stereocenters. The highest BCUT2D eigenvalue weighted by Gasteiger charge is 2.16. The van der Waals surface area contributed by atoms with Crippen LogP contribution in [0.4, 0.5) is 5.69 Å². The molecule has 1 aromatic carbocycles. The zero-order chi connectivity index (χ0) is 13.8. The second kappa shape index (κ2) is 5.75. The maximum absolute atomic E-state index is 12.4. The summed E-state index contributed by atoms with van der Waals surface area (Å²) in [5.74, 6) is 0.632. The minimum Gasteiger partial charge on any atom is -0.387 e. The third-order valence-corrected chi connectivity index (χ3v) is 3.00. The van der Waals surface area contributed by atoms with Crippen LogP contribution >= 0.6 is 11.6 Å². The van der Waals surface area contributed by atoms with E-state index in [1.54, 1.807) is 49.6 Å². The van der Waals surface area contributed by atoms with Crippen molar-refractivity contribution >= 4 is 23.2 Å². The van der Waals surface area contributed by atoms with Crippen LogP contribution < -0.4 is 5.32 Å². The van der Waals surface area contributed by atoms with E-state index in [0.717, 1.165) is 11.5 Å². The Labute approximate surface area is 116 Å². The average molecular weight is 279 g/mol. The molecule has 6 heteroatoms. The Morgan fingerprint density at radius 1 is 1.53 bits per heavy atom. The molecule has 0 radical (unpaired) electrons.